The highest BCUT2D eigenvalue weighted by Crippen LogP contribution is 2.29. The number of fused-ring (bicyclic) bond motifs is 1. The van der Waals surface area contributed by atoms with Gasteiger partial charge in [0.15, 0.2) is 0 Å². The molecule has 0 atom stereocenters. The first-order valence-electron chi connectivity index (χ1n) is 20.3. The summed E-state index contributed by atoms with van der Waals surface area (Å²) in [5.74, 6) is -0.272. The number of carbonyl (C=O) groups is 2. The van der Waals surface area contributed by atoms with Gasteiger partial charge in [-0.3, -0.25) is 19.6 Å². The number of aromatic amines is 1. The highest BCUT2D eigenvalue weighted by molar-refractivity contribution is 5.95. The molecule has 2 aliphatic heterocycles. The molecular weight excluding hydrogens is 780 g/mol. The minimum absolute atomic E-state index is 0.00169. The minimum atomic E-state index is -0.586. The molecule has 5 aromatic rings. The maximum Gasteiger partial charge on any atom is 0.410 e. The number of ether oxygens (including phenoxy) is 2. The Morgan fingerprint density at radius 2 is 1.41 bits per heavy atom. The number of hydrogen-bond donors (Lipinski definition) is 1. The third-order valence-electron chi connectivity index (χ3n) is 10.8. The van der Waals surface area contributed by atoms with Gasteiger partial charge in [0.25, 0.3) is 11.5 Å². The molecular formula is C45H47FN10O5. The van der Waals surface area contributed by atoms with E-state index in [0.29, 0.717) is 97.7 Å². The van der Waals surface area contributed by atoms with E-state index in [4.69, 9.17) is 20.0 Å². The van der Waals surface area contributed by atoms with Gasteiger partial charge in [0.1, 0.15) is 29.3 Å². The minimum Gasteiger partial charge on any atom is -0.490 e. The van der Waals surface area contributed by atoms with Gasteiger partial charge in [-0.15, -0.1) is 0 Å². The Kier molecular flexibility index (Phi) is 12.7. The number of nitriles is 2. The van der Waals surface area contributed by atoms with Crippen LogP contribution in [-0.2, 0) is 11.2 Å². The molecule has 0 bridgehead atoms. The Hall–Kier alpha value is -7.07. The molecule has 0 spiro atoms. The van der Waals surface area contributed by atoms with Gasteiger partial charge in [0, 0.05) is 76.6 Å². The van der Waals surface area contributed by atoms with Crippen LogP contribution >= 0.6 is 0 Å². The zero-order valence-electron chi connectivity index (χ0n) is 34.4. The quantitative estimate of drug-likeness (QED) is 0.208. The van der Waals surface area contributed by atoms with E-state index in [1.807, 2.05) is 32.9 Å². The number of hydrogen-bond acceptors (Lipinski definition) is 12. The van der Waals surface area contributed by atoms with Crippen molar-refractivity contribution in [3.8, 4) is 17.9 Å². The summed E-state index contributed by atoms with van der Waals surface area (Å²) in [4.78, 5) is 53.4. The summed E-state index contributed by atoms with van der Waals surface area (Å²) in [6.07, 6.45) is 9.90. The fraction of sp³-hybridized carbons (Fsp3) is 0.378. The van der Waals surface area contributed by atoms with E-state index in [1.165, 1.54) is 12.3 Å². The topological polar surface area (TPSA) is 185 Å². The van der Waals surface area contributed by atoms with Crippen molar-refractivity contribution in [2.45, 2.75) is 58.2 Å². The lowest BCUT2D eigenvalue weighted by atomic mass is 9.96. The van der Waals surface area contributed by atoms with Crippen LogP contribution < -0.4 is 20.1 Å². The lowest BCUT2D eigenvalue weighted by Crippen LogP contribution is -2.50. The molecule has 1 saturated carbocycles. The Morgan fingerprint density at radius 3 is 1.97 bits per heavy atom. The summed E-state index contributed by atoms with van der Waals surface area (Å²) in [7, 11) is 0. The van der Waals surface area contributed by atoms with E-state index < -0.39 is 11.4 Å². The van der Waals surface area contributed by atoms with Crippen molar-refractivity contribution < 1.29 is 23.5 Å². The lowest BCUT2D eigenvalue weighted by Gasteiger charge is -2.36. The number of nitrogens with zero attached hydrogens (tertiary/aromatic N) is 9. The van der Waals surface area contributed by atoms with Gasteiger partial charge in [0.2, 0.25) is 0 Å². The maximum atomic E-state index is 14.9. The number of halogens is 1. The average molecular weight is 827 g/mol. The molecule has 0 radical (unpaired) electrons. The van der Waals surface area contributed by atoms with Crippen molar-refractivity contribution >= 4 is 34.1 Å². The van der Waals surface area contributed by atoms with Crippen LogP contribution in [0.5, 0.6) is 5.75 Å². The number of aromatic nitrogens is 4. The highest BCUT2D eigenvalue weighted by Gasteiger charge is 2.27. The van der Waals surface area contributed by atoms with Crippen molar-refractivity contribution in [1.29, 1.82) is 10.5 Å². The summed E-state index contributed by atoms with van der Waals surface area (Å²) in [6.45, 7) is 10.1. The SMILES string of the molecule is CC(C)(C)OC(=O)N1CCN(c2cncc(C#N)c2)CC1.N#Cc1cncc(N2CCN(C(=O)c3cc(Cc4n[nH]c(=O)c5ccc(OC6CCC6)cc45)ccc3F)CC2)c1. The van der Waals surface area contributed by atoms with Gasteiger partial charge < -0.3 is 29.1 Å². The molecule has 2 aromatic carbocycles. The van der Waals surface area contributed by atoms with E-state index in [9.17, 15) is 18.8 Å². The normalized spacial score (nSPS) is 15.5. The van der Waals surface area contributed by atoms with Crippen LogP contribution in [0.3, 0.4) is 0 Å². The van der Waals surface area contributed by atoms with Crippen molar-refractivity contribution in [3.05, 3.63) is 117 Å². The van der Waals surface area contributed by atoms with Crippen LogP contribution in [0.15, 0.2) is 78.1 Å². The molecule has 8 rings (SSSR count). The number of rotatable bonds is 7. The molecule has 61 heavy (non-hydrogen) atoms. The smallest absolute Gasteiger partial charge is 0.410 e. The molecule has 3 aliphatic rings. The standard InChI is InChI=1S/C30H27FN6O3.C15H20N4O2/c31-27-7-4-19(14-28-25-15-23(40-22-2-1-3-22)5-6-24(25)29(38)35-34-28)13-26(27)30(39)37-10-8-36(9-11-37)21-12-20(16-32)17-33-18-21;1-15(2,3)21-14(20)19-6-4-18(5-7-19)13-8-12(9-16)10-17-11-13/h4-7,12-13,15,17-18,22H,1-3,8-11,14H2,(H,35,38);8,10-11H,4-7H2,1-3H3. The first-order valence-corrected chi connectivity index (χ1v) is 20.3. The molecule has 1 aliphatic carbocycles. The van der Waals surface area contributed by atoms with Crippen molar-refractivity contribution in [2.24, 2.45) is 0 Å². The van der Waals surface area contributed by atoms with Crippen LogP contribution in [0.2, 0.25) is 0 Å². The Morgan fingerprint density at radius 1 is 0.803 bits per heavy atom. The Balaban J connectivity index is 0.000000226. The predicted octanol–water partition coefficient (Wildman–Crippen LogP) is 5.82. The molecule has 3 fully saturated rings. The average Bonchev–Trinajstić information content (AvgIpc) is 3.26. The van der Waals surface area contributed by atoms with Gasteiger partial charge in [-0.2, -0.15) is 15.6 Å². The van der Waals surface area contributed by atoms with Gasteiger partial charge in [-0.05, 0) is 88.1 Å². The molecule has 2 amide bonds. The fourth-order valence-electron chi connectivity index (χ4n) is 7.26. The number of amides is 2. The molecule has 16 heteroatoms. The second-order valence-corrected chi connectivity index (χ2v) is 16.2. The lowest BCUT2D eigenvalue weighted by molar-refractivity contribution is 0.0240. The van der Waals surface area contributed by atoms with E-state index >= 15 is 0 Å². The number of anilines is 2. The predicted molar refractivity (Wildman–Crippen MR) is 226 cm³/mol. The van der Waals surface area contributed by atoms with Crippen molar-refractivity contribution in [3.63, 3.8) is 0 Å². The highest BCUT2D eigenvalue weighted by atomic mass is 19.1. The van der Waals surface area contributed by atoms with Crippen LogP contribution in [0, 0.1) is 28.5 Å². The van der Waals surface area contributed by atoms with E-state index in [2.05, 4.69) is 42.1 Å². The summed E-state index contributed by atoms with van der Waals surface area (Å²) >= 11 is 0. The molecule has 15 nitrogen and oxygen atoms in total. The van der Waals surface area contributed by atoms with Crippen molar-refractivity contribution in [2.75, 3.05) is 62.2 Å². The van der Waals surface area contributed by atoms with Gasteiger partial charge in [0.05, 0.1) is 57.6 Å². The molecule has 314 valence electrons. The summed E-state index contributed by atoms with van der Waals surface area (Å²) in [5.41, 5.74) is 3.30. The number of H-pyrrole nitrogens is 1. The van der Waals surface area contributed by atoms with Gasteiger partial charge >= 0.3 is 6.09 Å². The van der Waals surface area contributed by atoms with Gasteiger partial charge in [-0.25, -0.2) is 14.3 Å². The maximum absolute atomic E-state index is 14.9. The van der Waals surface area contributed by atoms with Crippen LogP contribution in [-0.4, -0.2) is 106 Å². The zero-order chi connectivity index (χ0) is 43.1. The second kappa shape index (κ2) is 18.5. The third kappa shape index (κ3) is 10.4. The molecule has 2 saturated heterocycles. The fourth-order valence-corrected chi connectivity index (χ4v) is 7.26. The van der Waals surface area contributed by atoms with Gasteiger partial charge in [-0.1, -0.05) is 6.07 Å². The molecule has 5 heterocycles. The molecule has 3 aromatic heterocycles. The molecule has 0 unspecified atom stereocenters. The van der Waals surface area contributed by atoms with E-state index in [0.717, 1.165) is 30.6 Å². The monoisotopic (exact) mass is 826 g/mol. The van der Waals surface area contributed by atoms with Crippen LogP contribution in [0.25, 0.3) is 10.8 Å². The number of pyridine rings is 2. The van der Waals surface area contributed by atoms with E-state index in [-0.39, 0.29) is 29.2 Å². The first kappa shape index (κ1) is 42.1. The largest absolute Gasteiger partial charge is 0.490 e. The number of nitrogens with one attached hydrogen (secondary N) is 1. The third-order valence-corrected chi connectivity index (χ3v) is 10.8. The Labute approximate surface area is 352 Å². The van der Waals surface area contributed by atoms with Crippen LogP contribution in [0.4, 0.5) is 20.6 Å². The summed E-state index contributed by atoms with van der Waals surface area (Å²) < 4.78 is 26.3. The zero-order valence-corrected chi connectivity index (χ0v) is 34.4. The van der Waals surface area contributed by atoms with Crippen molar-refractivity contribution in [1.82, 2.24) is 30.0 Å². The first-order chi connectivity index (χ1) is 29.4. The summed E-state index contributed by atoms with van der Waals surface area (Å²) in [5, 5.41) is 26.0. The number of carbonyl (C=O) groups excluding carboxylic acids is 2. The molecule has 1 N–H and O–H groups in total. The number of piperazine rings is 2. The second-order valence-electron chi connectivity index (χ2n) is 16.2. The Bertz CT molecular complexity index is 2540. The van der Waals surface area contributed by atoms with Crippen LogP contribution in [0.1, 0.15) is 72.8 Å². The summed E-state index contributed by atoms with van der Waals surface area (Å²) in [6, 6.07) is 17.6. The van der Waals surface area contributed by atoms with E-state index in [1.54, 1.807) is 58.7 Å². The number of benzene rings is 2.